The number of amides is 2. The van der Waals surface area contributed by atoms with Crippen molar-refractivity contribution in [3.63, 3.8) is 0 Å². The van der Waals surface area contributed by atoms with E-state index in [0.29, 0.717) is 38.6 Å². The lowest BCUT2D eigenvalue weighted by atomic mass is 10.1. The van der Waals surface area contributed by atoms with Crippen LogP contribution in [0.15, 0.2) is 22.8 Å². The first-order valence-corrected chi connectivity index (χ1v) is 6.98. The number of hydrogen-bond donors (Lipinski definition) is 0. The van der Waals surface area contributed by atoms with E-state index in [-0.39, 0.29) is 17.9 Å². The molecular formula is C14H18N2O4. The van der Waals surface area contributed by atoms with Crippen LogP contribution in [0.2, 0.25) is 0 Å². The van der Waals surface area contributed by atoms with Crippen molar-refractivity contribution in [1.29, 1.82) is 0 Å². The highest BCUT2D eigenvalue weighted by Crippen LogP contribution is 2.22. The van der Waals surface area contributed by atoms with Gasteiger partial charge in [-0.1, -0.05) is 0 Å². The summed E-state index contributed by atoms with van der Waals surface area (Å²) in [6.45, 7) is 2.98. The van der Waals surface area contributed by atoms with Crippen LogP contribution in [-0.4, -0.2) is 60.5 Å². The molecule has 108 valence electrons. The van der Waals surface area contributed by atoms with Crippen LogP contribution in [0, 0.1) is 0 Å². The molecule has 1 unspecified atom stereocenters. The normalized spacial score (nSPS) is 23.1. The van der Waals surface area contributed by atoms with Crippen LogP contribution in [0.1, 0.15) is 23.4 Å². The maximum atomic E-state index is 12.5. The second-order valence-corrected chi connectivity index (χ2v) is 5.07. The van der Waals surface area contributed by atoms with Gasteiger partial charge in [-0.05, 0) is 25.0 Å². The standard InChI is InChI=1S/C14H18N2O4/c17-13(15-6-9-19-10-7-15)11-3-1-5-16(11)14(18)12-4-2-8-20-12/h2,4,8,11H,1,3,5-7,9-10H2. The third-order valence-corrected chi connectivity index (χ3v) is 3.85. The quantitative estimate of drug-likeness (QED) is 0.800. The summed E-state index contributed by atoms with van der Waals surface area (Å²) in [6.07, 6.45) is 3.05. The first kappa shape index (κ1) is 13.2. The van der Waals surface area contributed by atoms with Gasteiger partial charge >= 0.3 is 0 Å². The molecule has 3 rings (SSSR count). The van der Waals surface area contributed by atoms with E-state index in [1.165, 1.54) is 6.26 Å². The van der Waals surface area contributed by atoms with E-state index in [2.05, 4.69) is 0 Å². The van der Waals surface area contributed by atoms with Gasteiger partial charge in [0.05, 0.1) is 19.5 Å². The molecule has 1 aromatic rings. The van der Waals surface area contributed by atoms with Crippen molar-refractivity contribution >= 4 is 11.8 Å². The average molecular weight is 278 g/mol. The summed E-state index contributed by atoms with van der Waals surface area (Å²) in [7, 11) is 0. The Kier molecular flexibility index (Phi) is 3.73. The van der Waals surface area contributed by atoms with Crippen LogP contribution >= 0.6 is 0 Å². The van der Waals surface area contributed by atoms with Gasteiger partial charge in [-0.2, -0.15) is 0 Å². The summed E-state index contributed by atoms with van der Waals surface area (Å²) in [5.74, 6) is 0.136. The number of likely N-dealkylation sites (tertiary alicyclic amines) is 1. The largest absolute Gasteiger partial charge is 0.459 e. The highest BCUT2D eigenvalue weighted by atomic mass is 16.5. The fourth-order valence-corrected chi connectivity index (χ4v) is 2.80. The van der Waals surface area contributed by atoms with Crippen LogP contribution in [-0.2, 0) is 9.53 Å². The molecule has 1 atom stereocenters. The number of carbonyl (C=O) groups is 2. The third-order valence-electron chi connectivity index (χ3n) is 3.85. The molecule has 0 spiro atoms. The number of rotatable bonds is 2. The Labute approximate surface area is 117 Å². The lowest BCUT2D eigenvalue weighted by molar-refractivity contribution is -0.139. The molecule has 20 heavy (non-hydrogen) atoms. The maximum Gasteiger partial charge on any atom is 0.290 e. The van der Waals surface area contributed by atoms with Gasteiger partial charge in [0.1, 0.15) is 6.04 Å². The SMILES string of the molecule is O=C(C1CCCN1C(=O)c1ccco1)N1CCOCC1. The Morgan fingerprint density at radius 2 is 2.00 bits per heavy atom. The minimum Gasteiger partial charge on any atom is -0.459 e. The van der Waals surface area contributed by atoms with Gasteiger partial charge in [-0.25, -0.2) is 0 Å². The van der Waals surface area contributed by atoms with E-state index < -0.39 is 0 Å². The molecule has 6 nitrogen and oxygen atoms in total. The second kappa shape index (κ2) is 5.66. The summed E-state index contributed by atoms with van der Waals surface area (Å²) >= 11 is 0. The van der Waals surface area contributed by atoms with Crippen molar-refractivity contribution in [2.45, 2.75) is 18.9 Å². The molecule has 0 radical (unpaired) electrons. The van der Waals surface area contributed by atoms with E-state index in [9.17, 15) is 9.59 Å². The molecule has 0 aromatic carbocycles. The van der Waals surface area contributed by atoms with E-state index in [1.807, 2.05) is 0 Å². The predicted octanol–water partition coefficient (Wildman–Crippen LogP) is 0.743. The van der Waals surface area contributed by atoms with Crippen molar-refractivity contribution in [2.24, 2.45) is 0 Å². The Hall–Kier alpha value is -1.82. The number of nitrogens with zero attached hydrogens (tertiary/aromatic N) is 2. The molecule has 0 bridgehead atoms. The van der Waals surface area contributed by atoms with Crippen LogP contribution in [0.3, 0.4) is 0 Å². The van der Waals surface area contributed by atoms with Crippen LogP contribution < -0.4 is 0 Å². The smallest absolute Gasteiger partial charge is 0.290 e. The molecule has 0 aliphatic carbocycles. The van der Waals surface area contributed by atoms with E-state index >= 15 is 0 Å². The summed E-state index contributed by atoms with van der Waals surface area (Å²) in [6, 6.07) is 2.96. The first-order valence-electron chi connectivity index (χ1n) is 6.98. The van der Waals surface area contributed by atoms with Gasteiger partial charge in [-0.15, -0.1) is 0 Å². The lowest BCUT2D eigenvalue weighted by Gasteiger charge is -2.32. The van der Waals surface area contributed by atoms with Crippen molar-refractivity contribution in [2.75, 3.05) is 32.8 Å². The number of furan rings is 1. The van der Waals surface area contributed by atoms with E-state index in [0.717, 1.165) is 12.8 Å². The topological polar surface area (TPSA) is 63.0 Å². The van der Waals surface area contributed by atoms with Crippen LogP contribution in [0.25, 0.3) is 0 Å². The predicted molar refractivity (Wildman–Crippen MR) is 70.2 cm³/mol. The van der Waals surface area contributed by atoms with Crippen molar-refractivity contribution in [3.05, 3.63) is 24.2 Å². The van der Waals surface area contributed by atoms with Gasteiger partial charge < -0.3 is 19.0 Å². The molecule has 2 saturated heterocycles. The molecular weight excluding hydrogens is 260 g/mol. The Balaban J connectivity index is 1.71. The molecule has 1 aromatic heterocycles. The van der Waals surface area contributed by atoms with E-state index in [4.69, 9.17) is 9.15 Å². The molecule has 2 aliphatic heterocycles. The summed E-state index contributed by atoms with van der Waals surface area (Å²) in [5, 5.41) is 0. The minimum absolute atomic E-state index is 0.0331. The Morgan fingerprint density at radius 1 is 1.20 bits per heavy atom. The third kappa shape index (κ3) is 2.43. The highest BCUT2D eigenvalue weighted by molar-refractivity contribution is 5.96. The summed E-state index contributed by atoms with van der Waals surface area (Å²) in [4.78, 5) is 28.3. The fourth-order valence-electron chi connectivity index (χ4n) is 2.80. The number of morpholine rings is 1. The van der Waals surface area contributed by atoms with Crippen molar-refractivity contribution in [3.8, 4) is 0 Å². The van der Waals surface area contributed by atoms with E-state index in [1.54, 1.807) is 21.9 Å². The highest BCUT2D eigenvalue weighted by Gasteiger charge is 2.37. The molecule has 0 saturated carbocycles. The molecule has 3 heterocycles. The maximum absolute atomic E-state index is 12.5. The van der Waals surface area contributed by atoms with Crippen LogP contribution in [0.4, 0.5) is 0 Å². The van der Waals surface area contributed by atoms with Gasteiger partial charge in [0.15, 0.2) is 5.76 Å². The van der Waals surface area contributed by atoms with Gasteiger partial charge in [-0.3, -0.25) is 9.59 Å². The second-order valence-electron chi connectivity index (χ2n) is 5.07. The average Bonchev–Trinajstić information content (AvgIpc) is 3.18. The minimum atomic E-state index is -0.356. The molecule has 2 amide bonds. The van der Waals surface area contributed by atoms with Gasteiger partial charge in [0, 0.05) is 19.6 Å². The number of hydrogen-bond acceptors (Lipinski definition) is 4. The zero-order valence-electron chi connectivity index (χ0n) is 11.3. The van der Waals surface area contributed by atoms with Crippen molar-refractivity contribution in [1.82, 2.24) is 9.80 Å². The summed E-state index contributed by atoms with van der Waals surface area (Å²) < 4.78 is 10.4. The Morgan fingerprint density at radius 3 is 2.70 bits per heavy atom. The lowest BCUT2D eigenvalue weighted by Crippen LogP contribution is -2.51. The Bertz CT molecular complexity index is 479. The molecule has 6 heteroatoms. The number of carbonyl (C=O) groups excluding carboxylic acids is 2. The molecule has 2 aliphatic rings. The zero-order chi connectivity index (χ0) is 13.9. The molecule has 0 N–H and O–H groups in total. The first-order chi connectivity index (χ1) is 9.77. The van der Waals surface area contributed by atoms with Gasteiger partial charge in [0.25, 0.3) is 5.91 Å². The number of ether oxygens (including phenoxy) is 1. The van der Waals surface area contributed by atoms with Crippen LogP contribution in [0.5, 0.6) is 0 Å². The summed E-state index contributed by atoms with van der Waals surface area (Å²) in [5.41, 5.74) is 0. The fraction of sp³-hybridized carbons (Fsp3) is 0.571. The monoisotopic (exact) mass is 278 g/mol. The zero-order valence-corrected chi connectivity index (χ0v) is 11.3. The van der Waals surface area contributed by atoms with Gasteiger partial charge in [0.2, 0.25) is 5.91 Å². The molecule has 2 fully saturated rings. The van der Waals surface area contributed by atoms with Crippen molar-refractivity contribution < 1.29 is 18.7 Å².